The van der Waals surface area contributed by atoms with Gasteiger partial charge >= 0.3 is 0 Å². The first-order valence-corrected chi connectivity index (χ1v) is 8.22. The quantitative estimate of drug-likeness (QED) is 0.807. The van der Waals surface area contributed by atoms with Gasteiger partial charge in [-0.1, -0.05) is 48.5 Å². The molecule has 1 aliphatic heterocycles. The molecule has 0 N–H and O–H groups in total. The van der Waals surface area contributed by atoms with Crippen molar-refractivity contribution < 1.29 is 4.74 Å². The number of hydrogen-bond donors (Lipinski definition) is 0. The van der Waals surface area contributed by atoms with Crippen LogP contribution in [-0.4, -0.2) is 24.6 Å². The van der Waals surface area contributed by atoms with Crippen LogP contribution in [0.3, 0.4) is 0 Å². The second-order valence-corrected chi connectivity index (χ2v) is 6.17. The number of methoxy groups -OCH3 is 1. The summed E-state index contributed by atoms with van der Waals surface area (Å²) in [6, 6.07) is 20.4. The lowest BCUT2D eigenvalue weighted by atomic mass is 10.0. The van der Waals surface area contributed by atoms with Crippen LogP contribution < -0.4 is 4.74 Å². The molecule has 1 fully saturated rings. The van der Waals surface area contributed by atoms with Crippen molar-refractivity contribution in [2.45, 2.75) is 38.3 Å². The van der Waals surface area contributed by atoms with Gasteiger partial charge in [-0.25, -0.2) is 0 Å². The second kappa shape index (κ2) is 6.97. The minimum Gasteiger partial charge on any atom is -0.496 e. The van der Waals surface area contributed by atoms with Gasteiger partial charge in [-0.2, -0.15) is 0 Å². The molecule has 0 unspecified atom stereocenters. The van der Waals surface area contributed by atoms with Gasteiger partial charge in [0.25, 0.3) is 0 Å². The molecule has 2 atom stereocenters. The molecule has 2 heteroatoms. The summed E-state index contributed by atoms with van der Waals surface area (Å²) in [7, 11) is 1.76. The lowest BCUT2D eigenvalue weighted by Gasteiger charge is -2.31. The van der Waals surface area contributed by atoms with E-state index in [1.807, 2.05) is 6.07 Å². The van der Waals surface area contributed by atoms with Gasteiger partial charge in [0.1, 0.15) is 5.75 Å². The third kappa shape index (κ3) is 3.17. The molecule has 0 amide bonds. The van der Waals surface area contributed by atoms with E-state index in [2.05, 4.69) is 60.4 Å². The van der Waals surface area contributed by atoms with E-state index in [1.165, 1.54) is 30.5 Å². The molecule has 0 radical (unpaired) electrons. The van der Waals surface area contributed by atoms with E-state index in [4.69, 9.17) is 4.74 Å². The SMILES string of the molecule is COc1ccccc1C[C@@H](C)N1CCC[C@@H]1c1ccccc1. The normalized spacial score (nSPS) is 20.0. The zero-order chi connectivity index (χ0) is 15.4. The number of hydrogen-bond acceptors (Lipinski definition) is 2. The van der Waals surface area contributed by atoms with Crippen molar-refractivity contribution in [2.24, 2.45) is 0 Å². The van der Waals surface area contributed by atoms with Crippen LogP contribution in [0.4, 0.5) is 0 Å². The molecule has 2 aromatic rings. The van der Waals surface area contributed by atoms with Crippen molar-refractivity contribution in [2.75, 3.05) is 13.7 Å². The molecule has 0 aliphatic carbocycles. The van der Waals surface area contributed by atoms with E-state index in [-0.39, 0.29) is 0 Å². The van der Waals surface area contributed by atoms with Crippen molar-refractivity contribution >= 4 is 0 Å². The number of nitrogens with zero attached hydrogens (tertiary/aromatic N) is 1. The molecule has 3 rings (SSSR count). The smallest absolute Gasteiger partial charge is 0.122 e. The Morgan fingerprint density at radius 3 is 2.59 bits per heavy atom. The predicted octanol–water partition coefficient (Wildman–Crippen LogP) is 4.46. The topological polar surface area (TPSA) is 12.5 Å². The van der Waals surface area contributed by atoms with E-state index in [1.54, 1.807) is 7.11 Å². The van der Waals surface area contributed by atoms with Crippen LogP contribution in [0.2, 0.25) is 0 Å². The van der Waals surface area contributed by atoms with Crippen LogP contribution in [-0.2, 0) is 6.42 Å². The minimum absolute atomic E-state index is 0.518. The molecule has 0 saturated carbocycles. The van der Waals surface area contributed by atoms with Gasteiger partial charge < -0.3 is 4.74 Å². The highest BCUT2D eigenvalue weighted by Crippen LogP contribution is 2.34. The van der Waals surface area contributed by atoms with Crippen molar-refractivity contribution in [1.82, 2.24) is 4.90 Å². The molecule has 0 aromatic heterocycles. The molecular weight excluding hydrogens is 270 g/mol. The van der Waals surface area contributed by atoms with Crippen molar-refractivity contribution in [3.8, 4) is 5.75 Å². The third-order valence-corrected chi connectivity index (χ3v) is 4.75. The van der Waals surface area contributed by atoms with Gasteiger partial charge in [0.15, 0.2) is 0 Å². The first kappa shape index (κ1) is 15.1. The van der Waals surface area contributed by atoms with Crippen LogP contribution in [0.25, 0.3) is 0 Å². The largest absolute Gasteiger partial charge is 0.496 e. The highest BCUT2D eigenvalue weighted by Gasteiger charge is 2.29. The summed E-state index contributed by atoms with van der Waals surface area (Å²) >= 11 is 0. The highest BCUT2D eigenvalue weighted by molar-refractivity contribution is 5.34. The first-order valence-electron chi connectivity index (χ1n) is 8.22. The molecule has 0 bridgehead atoms. The fourth-order valence-electron chi connectivity index (χ4n) is 3.66. The summed E-state index contributed by atoms with van der Waals surface area (Å²) in [5, 5.41) is 0. The highest BCUT2D eigenvalue weighted by atomic mass is 16.5. The zero-order valence-corrected chi connectivity index (χ0v) is 13.5. The van der Waals surface area contributed by atoms with Gasteiger partial charge in [-0.15, -0.1) is 0 Å². The van der Waals surface area contributed by atoms with E-state index in [0.29, 0.717) is 12.1 Å². The van der Waals surface area contributed by atoms with Gasteiger partial charge in [0.2, 0.25) is 0 Å². The maximum Gasteiger partial charge on any atom is 0.122 e. The number of ether oxygens (including phenoxy) is 1. The minimum atomic E-state index is 0.518. The summed E-state index contributed by atoms with van der Waals surface area (Å²) in [6.07, 6.45) is 3.59. The number of likely N-dealkylation sites (tertiary alicyclic amines) is 1. The Kier molecular flexibility index (Phi) is 4.79. The average Bonchev–Trinajstić information content (AvgIpc) is 3.06. The van der Waals surface area contributed by atoms with Crippen LogP contribution in [0.1, 0.15) is 36.9 Å². The van der Waals surface area contributed by atoms with E-state index >= 15 is 0 Å². The number of rotatable bonds is 5. The van der Waals surface area contributed by atoms with Crippen molar-refractivity contribution in [1.29, 1.82) is 0 Å². The molecule has 1 saturated heterocycles. The second-order valence-electron chi connectivity index (χ2n) is 6.17. The summed E-state index contributed by atoms with van der Waals surface area (Å²) in [5.41, 5.74) is 2.75. The molecule has 22 heavy (non-hydrogen) atoms. The fourth-order valence-corrected chi connectivity index (χ4v) is 3.66. The third-order valence-electron chi connectivity index (χ3n) is 4.75. The first-order chi connectivity index (χ1) is 10.8. The standard InChI is InChI=1S/C20H25NO/c1-16(15-18-11-6-7-13-20(18)22-2)21-14-8-12-19(21)17-9-4-3-5-10-17/h3-7,9-11,13,16,19H,8,12,14-15H2,1-2H3/t16-,19-/m1/s1. The summed E-state index contributed by atoms with van der Waals surface area (Å²) < 4.78 is 5.50. The maximum absolute atomic E-state index is 5.50. The van der Waals surface area contributed by atoms with Crippen LogP contribution in [0.15, 0.2) is 54.6 Å². The molecule has 2 aromatic carbocycles. The number of benzene rings is 2. The Labute approximate surface area is 133 Å². The lowest BCUT2D eigenvalue weighted by Crippen LogP contribution is -2.34. The Morgan fingerprint density at radius 2 is 1.82 bits per heavy atom. The molecule has 1 heterocycles. The molecule has 0 spiro atoms. The molecule has 1 aliphatic rings. The van der Waals surface area contributed by atoms with Gasteiger partial charge in [0.05, 0.1) is 7.11 Å². The maximum atomic E-state index is 5.50. The van der Waals surface area contributed by atoms with Crippen molar-refractivity contribution in [3.05, 3.63) is 65.7 Å². The fraction of sp³-hybridized carbons (Fsp3) is 0.400. The van der Waals surface area contributed by atoms with E-state index in [0.717, 1.165) is 12.2 Å². The Balaban J connectivity index is 1.75. The van der Waals surface area contributed by atoms with Gasteiger partial charge in [-0.3, -0.25) is 4.90 Å². The Hall–Kier alpha value is -1.80. The van der Waals surface area contributed by atoms with E-state index < -0.39 is 0 Å². The van der Waals surface area contributed by atoms with Gasteiger partial charge in [-0.05, 0) is 49.9 Å². The van der Waals surface area contributed by atoms with Crippen LogP contribution >= 0.6 is 0 Å². The predicted molar refractivity (Wildman–Crippen MR) is 91.3 cm³/mol. The van der Waals surface area contributed by atoms with Gasteiger partial charge in [0, 0.05) is 12.1 Å². The Bertz CT molecular complexity index is 596. The Morgan fingerprint density at radius 1 is 1.09 bits per heavy atom. The summed E-state index contributed by atoms with van der Waals surface area (Å²) in [4.78, 5) is 2.65. The van der Waals surface area contributed by atoms with Crippen LogP contribution in [0, 0.1) is 0 Å². The molecule has 116 valence electrons. The molecule has 2 nitrogen and oxygen atoms in total. The average molecular weight is 295 g/mol. The monoisotopic (exact) mass is 295 g/mol. The zero-order valence-electron chi connectivity index (χ0n) is 13.5. The van der Waals surface area contributed by atoms with E-state index in [9.17, 15) is 0 Å². The lowest BCUT2D eigenvalue weighted by molar-refractivity contribution is 0.190. The molecular formula is C20H25NO. The number of para-hydroxylation sites is 1. The summed E-state index contributed by atoms with van der Waals surface area (Å²) in [5.74, 6) is 1.00. The summed E-state index contributed by atoms with van der Waals surface area (Å²) in [6.45, 7) is 3.53. The van der Waals surface area contributed by atoms with Crippen LogP contribution in [0.5, 0.6) is 5.75 Å². The van der Waals surface area contributed by atoms with Crippen molar-refractivity contribution in [3.63, 3.8) is 0 Å².